The fourth-order valence-corrected chi connectivity index (χ4v) is 3.36. The van der Waals surface area contributed by atoms with Crippen molar-refractivity contribution < 1.29 is 19.8 Å². The summed E-state index contributed by atoms with van der Waals surface area (Å²) in [5.74, 6) is -1.98. The highest BCUT2D eigenvalue weighted by Gasteiger charge is 2.16. The van der Waals surface area contributed by atoms with Crippen LogP contribution < -0.4 is 0 Å². The van der Waals surface area contributed by atoms with Crippen LogP contribution in [0, 0.1) is 0 Å². The van der Waals surface area contributed by atoms with Crippen LogP contribution >= 0.6 is 35.1 Å². The maximum absolute atomic E-state index is 10.6. The molecule has 0 fully saturated rings. The molecule has 1 rings (SSSR count). The van der Waals surface area contributed by atoms with Gasteiger partial charge >= 0.3 is 11.9 Å². The summed E-state index contributed by atoms with van der Waals surface area (Å²) in [4.78, 5) is 21.1. The predicted molar refractivity (Wildman–Crippen MR) is 74.4 cm³/mol. The number of hydrogen-bond donors (Lipinski definition) is 2. The van der Waals surface area contributed by atoms with Crippen LogP contribution in [0.25, 0.3) is 0 Å². The average Bonchev–Trinajstić information content (AvgIpc) is 2.30. The van der Waals surface area contributed by atoms with Crippen molar-refractivity contribution in [2.24, 2.45) is 0 Å². The molecule has 2 N–H and O–H groups in total. The Morgan fingerprint density at radius 2 is 1.50 bits per heavy atom. The van der Waals surface area contributed by atoms with Crippen molar-refractivity contribution in [1.82, 2.24) is 0 Å². The van der Waals surface area contributed by atoms with Gasteiger partial charge in [-0.3, -0.25) is 9.59 Å². The lowest BCUT2D eigenvalue weighted by Gasteiger charge is -2.14. The van der Waals surface area contributed by atoms with Crippen LogP contribution in [-0.4, -0.2) is 33.7 Å². The smallest absolute Gasteiger partial charge is 0.313 e. The summed E-state index contributed by atoms with van der Waals surface area (Å²) in [5, 5.41) is 17.9. The lowest BCUT2D eigenvalue weighted by atomic mass is 10.2. The number of hydrogen-bond acceptors (Lipinski definition) is 4. The summed E-state index contributed by atoms with van der Waals surface area (Å²) in [6.45, 7) is 0. The maximum Gasteiger partial charge on any atom is 0.313 e. The molecule has 0 saturated carbocycles. The highest BCUT2D eigenvalue weighted by Crippen LogP contribution is 2.39. The first-order valence-electron chi connectivity index (χ1n) is 4.91. The molecule has 0 aliphatic heterocycles. The van der Waals surface area contributed by atoms with Gasteiger partial charge in [-0.2, -0.15) is 0 Å². The largest absolute Gasteiger partial charge is 0.481 e. The Kier molecular flexibility index (Phi) is 6.38. The van der Waals surface area contributed by atoms with E-state index in [4.69, 9.17) is 21.8 Å². The molecular formula is C11H11ClO4S2. The molecule has 0 saturated heterocycles. The molecule has 0 atom stereocenters. The van der Waals surface area contributed by atoms with Crippen molar-refractivity contribution in [3.63, 3.8) is 0 Å². The number of carbonyl (C=O) groups is 2. The number of carboxylic acids is 2. The molecule has 0 aromatic heterocycles. The predicted octanol–water partition coefficient (Wildman–Crippen LogP) is 2.97. The van der Waals surface area contributed by atoms with Gasteiger partial charge < -0.3 is 10.2 Å². The zero-order valence-electron chi connectivity index (χ0n) is 9.21. The summed E-state index contributed by atoms with van der Waals surface area (Å²) in [6, 6.07) is 6.95. The van der Waals surface area contributed by atoms with Crippen molar-refractivity contribution >= 4 is 47.1 Å². The highest BCUT2D eigenvalue weighted by molar-refractivity contribution is 8.16. The van der Waals surface area contributed by atoms with Gasteiger partial charge in [-0.1, -0.05) is 23.7 Å². The van der Waals surface area contributed by atoms with E-state index in [-0.39, 0.29) is 16.1 Å². The summed E-state index contributed by atoms with van der Waals surface area (Å²) in [6.07, 6.45) is 0. The van der Waals surface area contributed by atoms with E-state index < -0.39 is 11.9 Å². The van der Waals surface area contributed by atoms with Crippen LogP contribution in [0.15, 0.2) is 24.3 Å². The third-order valence-corrected chi connectivity index (χ3v) is 4.90. The first-order chi connectivity index (χ1) is 8.49. The van der Waals surface area contributed by atoms with Gasteiger partial charge in [-0.25, -0.2) is 0 Å². The fourth-order valence-electron chi connectivity index (χ4n) is 1.15. The van der Waals surface area contributed by atoms with E-state index in [2.05, 4.69) is 0 Å². The Labute approximate surface area is 118 Å². The fraction of sp³-hybridized carbons (Fsp3) is 0.273. The molecule has 1 aromatic carbocycles. The van der Waals surface area contributed by atoms with Gasteiger partial charge in [-0.05, 0) is 17.7 Å². The quantitative estimate of drug-likeness (QED) is 0.754. The van der Waals surface area contributed by atoms with Gasteiger partial charge in [0.05, 0.1) is 16.1 Å². The zero-order valence-corrected chi connectivity index (χ0v) is 11.6. The van der Waals surface area contributed by atoms with Crippen molar-refractivity contribution in [3.8, 4) is 0 Å². The van der Waals surface area contributed by atoms with Gasteiger partial charge in [0.25, 0.3) is 0 Å². The van der Waals surface area contributed by atoms with Gasteiger partial charge in [0.15, 0.2) is 0 Å². The minimum atomic E-state index is -0.921. The molecule has 7 heteroatoms. The van der Waals surface area contributed by atoms with E-state index in [9.17, 15) is 9.59 Å². The van der Waals surface area contributed by atoms with E-state index >= 15 is 0 Å². The van der Waals surface area contributed by atoms with E-state index in [1.807, 2.05) is 0 Å². The lowest BCUT2D eigenvalue weighted by molar-refractivity contribution is -0.134. The minimum absolute atomic E-state index is 0.0695. The SMILES string of the molecule is O=C(O)CSC(SCC(=O)O)c1ccc(Cl)cc1. The van der Waals surface area contributed by atoms with Crippen molar-refractivity contribution in [2.45, 2.75) is 4.58 Å². The Bertz CT molecular complexity index is 404. The summed E-state index contributed by atoms with van der Waals surface area (Å²) in [5.41, 5.74) is 0.858. The molecule has 4 nitrogen and oxygen atoms in total. The molecular weight excluding hydrogens is 296 g/mol. The first kappa shape index (κ1) is 15.2. The average molecular weight is 307 g/mol. The van der Waals surface area contributed by atoms with Gasteiger partial charge in [-0.15, -0.1) is 23.5 Å². The van der Waals surface area contributed by atoms with Crippen molar-refractivity contribution in [3.05, 3.63) is 34.9 Å². The number of benzene rings is 1. The third kappa shape index (κ3) is 5.66. The first-order valence-corrected chi connectivity index (χ1v) is 7.39. The van der Waals surface area contributed by atoms with Crippen LogP contribution in [0.4, 0.5) is 0 Å². The third-order valence-electron chi connectivity index (χ3n) is 1.86. The van der Waals surface area contributed by atoms with Gasteiger partial charge in [0.2, 0.25) is 0 Å². The lowest BCUT2D eigenvalue weighted by Crippen LogP contribution is -2.04. The molecule has 0 aliphatic carbocycles. The Morgan fingerprint density at radius 1 is 1.06 bits per heavy atom. The molecule has 0 aliphatic rings. The summed E-state index contributed by atoms with van der Waals surface area (Å²) < 4.78 is -0.227. The number of rotatable bonds is 7. The van der Waals surface area contributed by atoms with E-state index in [1.54, 1.807) is 24.3 Å². The van der Waals surface area contributed by atoms with Gasteiger partial charge in [0, 0.05) is 5.02 Å². The highest BCUT2D eigenvalue weighted by atomic mass is 35.5. The Balaban J connectivity index is 2.71. The minimum Gasteiger partial charge on any atom is -0.481 e. The van der Waals surface area contributed by atoms with Crippen LogP contribution in [0.1, 0.15) is 10.1 Å². The van der Waals surface area contributed by atoms with Crippen LogP contribution in [0.2, 0.25) is 5.02 Å². The monoisotopic (exact) mass is 306 g/mol. The van der Waals surface area contributed by atoms with E-state index in [1.165, 1.54) is 23.5 Å². The van der Waals surface area contributed by atoms with Crippen LogP contribution in [0.3, 0.4) is 0 Å². The Hall–Kier alpha value is -0.850. The molecule has 18 heavy (non-hydrogen) atoms. The number of thioether (sulfide) groups is 2. The number of aliphatic carboxylic acids is 2. The molecule has 0 bridgehead atoms. The van der Waals surface area contributed by atoms with Crippen LogP contribution in [-0.2, 0) is 9.59 Å². The summed E-state index contributed by atoms with van der Waals surface area (Å²) in [7, 11) is 0. The second-order valence-corrected chi connectivity index (χ2v) is 6.21. The molecule has 98 valence electrons. The van der Waals surface area contributed by atoms with Crippen LogP contribution in [0.5, 0.6) is 0 Å². The molecule has 0 heterocycles. The summed E-state index contributed by atoms with van der Waals surface area (Å²) >= 11 is 8.14. The van der Waals surface area contributed by atoms with E-state index in [0.29, 0.717) is 5.02 Å². The Morgan fingerprint density at radius 3 is 1.89 bits per heavy atom. The standard InChI is InChI=1S/C11H11ClO4S2/c12-8-3-1-7(2-4-8)11(17-5-9(13)14)18-6-10(15)16/h1-4,11H,5-6H2,(H,13,14)(H,15,16). The van der Waals surface area contributed by atoms with Crippen molar-refractivity contribution in [2.75, 3.05) is 11.5 Å². The number of carboxylic acid groups (broad SMARTS) is 2. The van der Waals surface area contributed by atoms with Gasteiger partial charge in [0.1, 0.15) is 0 Å². The molecule has 1 aromatic rings. The number of halogens is 1. The second-order valence-electron chi connectivity index (χ2n) is 3.29. The molecule has 0 radical (unpaired) electrons. The zero-order chi connectivity index (χ0) is 13.5. The second kappa shape index (κ2) is 7.56. The molecule has 0 spiro atoms. The normalized spacial score (nSPS) is 10.6. The molecule has 0 unspecified atom stereocenters. The molecule has 0 amide bonds. The van der Waals surface area contributed by atoms with Crippen molar-refractivity contribution in [1.29, 1.82) is 0 Å². The topological polar surface area (TPSA) is 74.6 Å². The van der Waals surface area contributed by atoms with E-state index in [0.717, 1.165) is 5.56 Å². The maximum atomic E-state index is 10.6.